The van der Waals surface area contributed by atoms with E-state index in [9.17, 15) is 4.79 Å². The van der Waals surface area contributed by atoms with Crippen LogP contribution in [0.4, 0.5) is 0 Å². The predicted octanol–water partition coefficient (Wildman–Crippen LogP) is 3.66. The average Bonchev–Trinajstić information content (AvgIpc) is 3.08. The van der Waals surface area contributed by atoms with E-state index in [4.69, 9.17) is 9.47 Å². The minimum Gasteiger partial charge on any atom is -0.493 e. The average molecular weight is 379 g/mol. The van der Waals surface area contributed by atoms with Crippen LogP contribution in [0.1, 0.15) is 24.4 Å². The number of fused-ring (bicyclic) bond motifs is 1. The lowest BCUT2D eigenvalue weighted by molar-refractivity contribution is -0.110. The van der Waals surface area contributed by atoms with Crippen molar-refractivity contribution in [2.75, 3.05) is 13.7 Å². The molecule has 28 heavy (non-hydrogen) atoms. The van der Waals surface area contributed by atoms with Gasteiger partial charge in [0.25, 0.3) is 0 Å². The molecule has 1 N–H and O–H groups in total. The maximum absolute atomic E-state index is 10.9. The second-order valence-corrected chi connectivity index (χ2v) is 6.44. The molecule has 146 valence electrons. The Morgan fingerprint density at radius 3 is 2.82 bits per heavy atom. The van der Waals surface area contributed by atoms with E-state index in [1.54, 1.807) is 7.11 Å². The summed E-state index contributed by atoms with van der Waals surface area (Å²) in [6, 6.07) is 13.6. The molecule has 3 aromatic rings. The maximum Gasteiger partial charge on any atom is 0.207 e. The number of allylic oxidation sites excluding steroid dienone is 1. The first-order valence-corrected chi connectivity index (χ1v) is 9.23. The first-order chi connectivity index (χ1) is 13.7. The SMILES string of the molecule is C=CCc1ccc(OCCn2c(C(C)NC=O)nc3ccccc32)c(OC)c1. The molecule has 0 fully saturated rings. The number of methoxy groups -OCH3 is 1. The van der Waals surface area contributed by atoms with Crippen LogP contribution < -0.4 is 14.8 Å². The van der Waals surface area contributed by atoms with E-state index < -0.39 is 0 Å². The molecule has 1 heterocycles. The van der Waals surface area contributed by atoms with E-state index in [1.807, 2.05) is 55.5 Å². The molecule has 0 aliphatic rings. The zero-order chi connectivity index (χ0) is 19.9. The van der Waals surface area contributed by atoms with Crippen molar-refractivity contribution in [3.63, 3.8) is 0 Å². The van der Waals surface area contributed by atoms with E-state index in [0.29, 0.717) is 31.1 Å². The van der Waals surface area contributed by atoms with Crippen molar-refractivity contribution in [3.05, 3.63) is 66.5 Å². The van der Waals surface area contributed by atoms with Gasteiger partial charge in [-0.25, -0.2) is 4.98 Å². The standard InChI is InChI=1S/C22H25N3O3/c1-4-7-17-10-11-20(21(14-17)27-3)28-13-12-25-19-9-6-5-8-18(19)24-22(25)16(2)23-15-26/h4-6,8-11,14-16H,1,7,12-13H2,2-3H3,(H,23,26). The van der Waals surface area contributed by atoms with Crippen LogP contribution in [0.3, 0.4) is 0 Å². The number of para-hydroxylation sites is 2. The summed E-state index contributed by atoms with van der Waals surface area (Å²) in [6.07, 6.45) is 3.33. The smallest absolute Gasteiger partial charge is 0.207 e. The van der Waals surface area contributed by atoms with Crippen molar-refractivity contribution >= 4 is 17.4 Å². The molecule has 0 saturated heterocycles. The van der Waals surface area contributed by atoms with Gasteiger partial charge in [-0.05, 0) is 43.2 Å². The van der Waals surface area contributed by atoms with Crippen LogP contribution in [0, 0.1) is 0 Å². The highest BCUT2D eigenvalue weighted by molar-refractivity contribution is 5.76. The number of carbonyl (C=O) groups excluding carboxylic acids is 1. The topological polar surface area (TPSA) is 65.4 Å². The number of imidazole rings is 1. The Morgan fingerprint density at radius 1 is 1.25 bits per heavy atom. The monoisotopic (exact) mass is 379 g/mol. The van der Waals surface area contributed by atoms with Crippen molar-refractivity contribution in [1.29, 1.82) is 0 Å². The third-order valence-electron chi connectivity index (χ3n) is 4.57. The molecule has 1 unspecified atom stereocenters. The van der Waals surface area contributed by atoms with Gasteiger partial charge in [0, 0.05) is 0 Å². The van der Waals surface area contributed by atoms with Crippen molar-refractivity contribution in [2.24, 2.45) is 0 Å². The summed E-state index contributed by atoms with van der Waals surface area (Å²) in [6.45, 7) is 6.71. The number of rotatable bonds is 10. The molecule has 2 aromatic carbocycles. The van der Waals surface area contributed by atoms with Gasteiger partial charge in [-0.1, -0.05) is 24.3 Å². The quantitative estimate of drug-likeness (QED) is 0.431. The summed E-state index contributed by atoms with van der Waals surface area (Å²) < 4.78 is 13.5. The molecule has 3 rings (SSSR count). The second kappa shape index (κ2) is 9.08. The van der Waals surface area contributed by atoms with Crippen LogP contribution in [-0.4, -0.2) is 29.7 Å². The number of ether oxygens (including phenoxy) is 2. The van der Waals surface area contributed by atoms with Crippen molar-refractivity contribution in [1.82, 2.24) is 14.9 Å². The third-order valence-corrected chi connectivity index (χ3v) is 4.57. The van der Waals surface area contributed by atoms with Crippen molar-refractivity contribution in [3.8, 4) is 11.5 Å². The number of carbonyl (C=O) groups is 1. The zero-order valence-corrected chi connectivity index (χ0v) is 16.2. The molecule has 0 aliphatic carbocycles. The fraction of sp³-hybridized carbons (Fsp3) is 0.273. The lowest BCUT2D eigenvalue weighted by atomic mass is 10.1. The number of aromatic nitrogens is 2. The van der Waals surface area contributed by atoms with E-state index in [-0.39, 0.29) is 6.04 Å². The van der Waals surface area contributed by atoms with Crippen LogP contribution in [0.25, 0.3) is 11.0 Å². The van der Waals surface area contributed by atoms with Gasteiger partial charge in [0.05, 0.1) is 30.7 Å². The van der Waals surface area contributed by atoms with Crippen LogP contribution >= 0.6 is 0 Å². The lowest BCUT2D eigenvalue weighted by Crippen LogP contribution is -2.22. The molecule has 6 nitrogen and oxygen atoms in total. The fourth-order valence-corrected chi connectivity index (χ4v) is 3.21. The number of benzene rings is 2. The number of hydrogen-bond donors (Lipinski definition) is 1. The molecular weight excluding hydrogens is 354 g/mol. The summed E-state index contributed by atoms with van der Waals surface area (Å²) in [7, 11) is 1.63. The Kier molecular flexibility index (Phi) is 6.32. The highest BCUT2D eigenvalue weighted by Gasteiger charge is 2.16. The number of nitrogens with zero attached hydrogens (tertiary/aromatic N) is 2. The largest absolute Gasteiger partial charge is 0.493 e. The Labute approximate surface area is 164 Å². The van der Waals surface area contributed by atoms with E-state index in [0.717, 1.165) is 28.8 Å². The summed E-state index contributed by atoms with van der Waals surface area (Å²) in [5.74, 6) is 2.19. The molecule has 6 heteroatoms. The van der Waals surface area contributed by atoms with Gasteiger partial charge >= 0.3 is 0 Å². The summed E-state index contributed by atoms with van der Waals surface area (Å²) in [4.78, 5) is 15.5. The summed E-state index contributed by atoms with van der Waals surface area (Å²) in [5, 5.41) is 2.77. The molecule has 0 spiro atoms. The maximum atomic E-state index is 10.9. The highest BCUT2D eigenvalue weighted by atomic mass is 16.5. The normalized spacial score (nSPS) is 11.8. The number of amides is 1. The van der Waals surface area contributed by atoms with Crippen LogP contribution in [0.15, 0.2) is 55.1 Å². The lowest BCUT2D eigenvalue weighted by Gasteiger charge is -2.16. The van der Waals surface area contributed by atoms with Gasteiger partial charge in [0.2, 0.25) is 6.41 Å². The minimum atomic E-state index is -0.197. The number of hydrogen-bond acceptors (Lipinski definition) is 4. The first kappa shape index (κ1) is 19.5. The summed E-state index contributed by atoms with van der Waals surface area (Å²) >= 11 is 0. The highest BCUT2D eigenvalue weighted by Crippen LogP contribution is 2.28. The molecule has 1 amide bonds. The Hall–Kier alpha value is -3.28. The first-order valence-electron chi connectivity index (χ1n) is 9.23. The van der Waals surface area contributed by atoms with E-state index >= 15 is 0 Å². The van der Waals surface area contributed by atoms with Gasteiger partial charge in [-0.15, -0.1) is 6.58 Å². The van der Waals surface area contributed by atoms with Gasteiger partial charge in [-0.3, -0.25) is 4.79 Å². The van der Waals surface area contributed by atoms with Crippen LogP contribution in [0.5, 0.6) is 11.5 Å². The summed E-state index contributed by atoms with van der Waals surface area (Å²) in [5.41, 5.74) is 3.02. The van der Waals surface area contributed by atoms with E-state index in [2.05, 4.69) is 21.4 Å². The van der Waals surface area contributed by atoms with Gasteiger partial charge in [0.15, 0.2) is 11.5 Å². The second-order valence-electron chi connectivity index (χ2n) is 6.44. The van der Waals surface area contributed by atoms with E-state index in [1.165, 1.54) is 0 Å². The van der Waals surface area contributed by atoms with Crippen molar-refractivity contribution < 1.29 is 14.3 Å². The molecule has 0 aliphatic heterocycles. The fourth-order valence-electron chi connectivity index (χ4n) is 3.21. The Morgan fingerprint density at radius 2 is 2.07 bits per heavy atom. The van der Waals surface area contributed by atoms with Crippen LogP contribution in [0.2, 0.25) is 0 Å². The minimum absolute atomic E-state index is 0.197. The van der Waals surface area contributed by atoms with Gasteiger partial charge < -0.3 is 19.4 Å². The molecule has 0 radical (unpaired) electrons. The molecular formula is C22H25N3O3. The zero-order valence-electron chi connectivity index (χ0n) is 16.2. The van der Waals surface area contributed by atoms with Crippen molar-refractivity contribution in [2.45, 2.75) is 25.9 Å². The Balaban J connectivity index is 1.79. The molecule has 0 saturated carbocycles. The van der Waals surface area contributed by atoms with Crippen LogP contribution in [-0.2, 0) is 17.8 Å². The number of nitrogens with one attached hydrogen (secondary N) is 1. The third kappa shape index (κ3) is 4.17. The van der Waals surface area contributed by atoms with Gasteiger partial charge in [-0.2, -0.15) is 0 Å². The molecule has 0 bridgehead atoms. The predicted molar refractivity (Wildman–Crippen MR) is 110 cm³/mol. The molecule has 1 atom stereocenters. The Bertz CT molecular complexity index is 965. The molecule has 1 aromatic heterocycles. The van der Waals surface area contributed by atoms with Gasteiger partial charge in [0.1, 0.15) is 12.4 Å².